The molecule has 0 aliphatic heterocycles. The molecule has 2 rings (SSSR count). The second-order valence-corrected chi connectivity index (χ2v) is 5.56. The van der Waals surface area contributed by atoms with E-state index in [2.05, 4.69) is 6.92 Å². The largest absolute Gasteiger partial charge is 0.265 e. The minimum atomic E-state index is -0.0964. The van der Waals surface area contributed by atoms with E-state index in [0.29, 0.717) is 0 Å². The number of rotatable bonds is 3. The first-order valence-electron chi connectivity index (χ1n) is 6.27. The van der Waals surface area contributed by atoms with Crippen LogP contribution in [-0.4, -0.2) is 11.5 Å². The maximum atomic E-state index is 10.7. The van der Waals surface area contributed by atoms with Crippen LogP contribution in [0.15, 0.2) is 0 Å². The van der Waals surface area contributed by atoms with Gasteiger partial charge in [0.25, 0.3) is 0 Å². The Kier molecular flexibility index (Phi) is 2.98. The molecule has 0 amide bonds. The lowest BCUT2D eigenvalue weighted by molar-refractivity contribution is -0.497. The lowest BCUT2D eigenvalue weighted by Crippen LogP contribution is -2.26. The number of hydrogen-bond acceptors (Lipinski definition) is 2. The predicted octanol–water partition coefficient (Wildman–Crippen LogP) is 3.26. The van der Waals surface area contributed by atoms with Crippen LogP contribution >= 0.6 is 0 Å². The van der Waals surface area contributed by atoms with Crippen LogP contribution in [0.5, 0.6) is 0 Å². The average molecular weight is 211 g/mol. The van der Waals surface area contributed by atoms with Crippen molar-refractivity contribution in [3.05, 3.63) is 10.1 Å². The number of nitrogens with zero attached hydrogens (tertiary/aromatic N) is 1. The molecule has 0 aromatic heterocycles. The average Bonchev–Trinajstić information content (AvgIpc) is 2.55. The highest BCUT2D eigenvalue weighted by Gasteiger charge is 2.47. The smallest absolute Gasteiger partial charge is 0.209 e. The van der Waals surface area contributed by atoms with Gasteiger partial charge in [-0.3, -0.25) is 10.1 Å². The summed E-state index contributed by atoms with van der Waals surface area (Å²) < 4.78 is 0. The van der Waals surface area contributed by atoms with Gasteiger partial charge in [-0.1, -0.05) is 32.6 Å². The van der Waals surface area contributed by atoms with Gasteiger partial charge in [-0.05, 0) is 31.1 Å². The maximum absolute atomic E-state index is 10.7. The van der Waals surface area contributed by atoms with Crippen molar-refractivity contribution in [1.82, 2.24) is 0 Å². The first-order chi connectivity index (χ1) is 7.15. The van der Waals surface area contributed by atoms with E-state index in [1.54, 1.807) is 0 Å². The van der Waals surface area contributed by atoms with Gasteiger partial charge in [0.15, 0.2) is 0 Å². The molecule has 0 spiro atoms. The molecule has 3 heteroatoms. The fraction of sp³-hybridized carbons (Fsp3) is 1.00. The predicted molar refractivity (Wildman–Crippen MR) is 59.3 cm³/mol. The normalized spacial score (nSPS) is 33.7. The summed E-state index contributed by atoms with van der Waals surface area (Å²) in [6.45, 7) is 2.33. The molecule has 15 heavy (non-hydrogen) atoms. The summed E-state index contributed by atoms with van der Waals surface area (Å²) in [6.07, 6.45) is 8.57. The molecular formula is C12H21NO2. The molecular weight excluding hydrogens is 190 g/mol. The minimum Gasteiger partial charge on any atom is -0.265 e. The number of fused-ring (bicyclic) bond motifs is 1. The van der Waals surface area contributed by atoms with E-state index < -0.39 is 0 Å². The van der Waals surface area contributed by atoms with Gasteiger partial charge in [0.05, 0.1) is 0 Å². The fourth-order valence-corrected chi connectivity index (χ4v) is 3.82. The van der Waals surface area contributed by atoms with Crippen molar-refractivity contribution in [3.8, 4) is 0 Å². The van der Waals surface area contributed by atoms with Gasteiger partial charge in [0.2, 0.25) is 6.54 Å². The van der Waals surface area contributed by atoms with Crippen molar-refractivity contribution in [2.45, 2.75) is 51.9 Å². The minimum absolute atomic E-state index is 0.0448. The Morgan fingerprint density at radius 1 is 1.27 bits per heavy atom. The molecule has 3 nitrogen and oxygen atoms in total. The molecule has 0 bridgehead atoms. The summed E-state index contributed by atoms with van der Waals surface area (Å²) in [5.41, 5.74) is 0.0448. The highest BCUT2D eigenvalue weighted by atomic mass is 16.6. The van der Waals surface area contributed by atoms with E-state index in [-0.39, 0.29) is 16.9 Å². The topological polar surface area (TPSA) is 43.1 Å². The Morgan fingerprint density at radius 2 is 1.80 bits per heavy atom. The van der Waals surface area contributed by atoms with Gasteiger partial charge in [-0.25, -0.2) is 0 Å². The van der Waals surface area contributed by atoms with Crippen molar-refractivity contribution in [2.24, 2.45) is 17.3 Å². The highest BCUT2D eigenvalue weighted by Crippen LogP contribution is 2.53. The van der Waals surface area contributed by atoms with Gasteiger partial charge in [-0.15, -0.1) is 0 Å². The van der Waals surface area contributed by atoms with Crippen LogP contribution < -0.4 is 0 Å². The molecule has 0 radical (unpaired) electrons. The molecule has 0 N–H and O–H groups in total. The second-order valence-electron chi connectivity index (χ2n) is 5.56. The molecule has 2 aliphatic rings. The van der Waals surface area contributed by atoms with Crippen molar-refractivity contribution < 1.29 is 4.92 Å². The highest BCUT2D eigenvalue weighted by molar-refractivity contribution is 4.94. The van der Waals surface area contributed by atoms with Crippen molar-refractivity contribution in [2.75, 3.05) is 6.54 Å². The molecule has 0 aromatic rings. The van der Waals surface area contributed by atoms with E-state index >= 15 is 0 Å². The second kappa shape index (κ2) is 4.11. The summed E-state index contributed by atoms with van der Waals surface area (Å²) in [5.74, 6) is 1.61. The Hall–Kier alpha value is -0.600. The van der Waals surface area contributed by atoms with Crippen molar-refractivity contribution in [3.63, 3.8) is 0 Å². The zero-order valence-corrected chi connectivity index (χ0v) is 9.58. The van der Waals surface area contributed by atoms with Gasteiger partial charge in [0.1, 0.15) is 0 Å². The zero-order valence-electron chi connectivity index (χ0n) is 9.58. The molecule has 86 valence electrons. The summed E-state index contributed by atoms with van der Waals surface area (Å²) >= 11 is 0. The summed E-state index contributed by atoms with van der Waals surface area (Å²) in [6, 6.07) is 0. The van der Waals surface area contributed by atoms with Crippen molar-refractivity contribution in [1.29, 1.82) is 0 Å². The van der Waals surface area contributed by atoms with Crippen LogP contribution in [-0.2, 0) is 0 Å². The van der Waals surface area contributed by atoms with E-state index in [1.165, 1.54) is 25.7 Å². The zero-order chi connectivity index (χ0) is 10.9. The standard InChI is InChI=1S/C12H21NO2/c1-2-12(9-13(14)15)7-10-5-3-4-6-11(10)8-12/h10-11H,2-9H2,1H3/t10-,11-/m1/s1. The maximum Gasteiger partial charge on any atom is 0.209 e. The molecule has 0 aromatic carbocycles. The molecule has 2 fully saturated rings. The Bertz CT molecular complexity index is 238. The molecule has 0 unspecified atom stereocenters. The van der Waals surface area contributed by atoms with Gasteiger partial charge in [0, 0.05) is 10.3 Å². The summed E-state index contributed by atoms with van der Waals surface area (Å²) in [5, 5.41) is 10.7. The van der Waals surface area contributed by atoms with E-state index in [4.69, 9.17) is 0 Å². The van der Waals surface area contributed by atoms with Crippen LogP contribution in [0.25, 0.3) is 0 Å². The Balaban J connectivity index is 2.05. The first kappa shape index (κ1) is 10.9. The van der Waals surface area contributed by atoms with E-state index in [1.807, 2.05) is 0 Å². The third-order valence-corrected chi connectivity index (χ3v) is 4.67. The molecule has 0 saturated heterocycles. The van der Waals surface area contributed by atoms with Crippen LogP contribution in [0.1, 0.15) is 51.9 Å². The van der Waals surface area contributed by atoms with Gasteiger partial charge in [-0.2, -0.15) is 0 Å². The lowest BCUT2D eigenvalue weighted by atomic mass is 9.82. The Labute approximate surface area is 91.4 Å². The van der Waals surface area contributed by atoms with Crippen LogP contribution in [0.3, 0.4) is 0 Å². The summed E-state index contributed by atoms with van der Waals surface area (Å²) in [7, 11) is 0. The first-order valence-corrected chi connectivity index (χ1v) is 6.27. The quantitative estimate of drug-likeness (QED) is 0.531. The molecule has 2 atom stereocenters. The molecule has 2 aliphatic carbocycles. The monoisotopic (exact) mass is 211 g/mol. The van der Waals surface area contributed by atoms with Crippen LogP contribution in [0.2, 0.25) is 0 Å². The van der Waals surface area contributed by atoms with Crippen LogP contribution in [0.4, 0.5) is 0 Å². The fourth-order valence-electron chi connectivity index (χ4n) is 3.82. The SMILES string of the molecule is CCC1(C[N+](=O)[O-])C[C@H]2CCCC[C@@H]2C1. The lowest BCUT2D eigenvalue weighted by Gasteiger charge is -2.24. The number of hydrogen-bond donors (Lipinski definition) is 0. The third-order valence-electron chi connectivity index (χ3n) is 4.67. The Morgan fingerprint density at radius 3 is 2.20 bits per heavy atom. The van der Waals surface area contributed by atoms with Crippen molar-refractivity contribution >= 4 is 0 Å². The van der Waals surface area contributed by atoms with Crippen LogP contribution in [0, 0.1) is 27.4 Å². The number of nitro groups is 1. The van der Waals surface area contributed by atoms with E-state index in [9.17, 15) is 10.1 Å². The van der Waals surface area contributed by atoms with Gasteiger partial charge < -0.3 is 0 Å². The third kappa shape index (κ3) is 2.16. The molecule has 0 heterocycles. The van der Waals surface area contributed by atoms with E-state index in [0.717, 1.165) is 31.1 Å². The summed E-state index contributed by atoms with van der Waals surface area (Å²) in [4.78, 5) is 10.6. The molecule has 2 saturated carbocycles. The van der Waals surface area contributed by atoms with Gasteiger partial charge >= 0.3 is 0 Å².